The van der Waals surface area contributed by atoms with E-state index in [1.165, 1.54) is 0 Å². The van der Waals surface area contributed by atoms with Crippen molar-refractivity contribution >= 4 is 23.4 Å². The first-order valence-electron chi connectivity index (χ1n) is 13.9. The van der Waals surface area contributed by atoms with Gasteiger partial charge in [-0.15, -0.1) is 0 Å². The Morgan fingerprint density at radius 3 is 2.00 bits per heavy atom. The molecule has 0 aliphatic heterocycles. The molecule has 0 bridgehead atoms. The molecule has 210 valence electrons. The molecule has 2 aromatic carbocycles. The van der Waals surface area contributed by atoms with Crippen LogP contribution in [0.3, 0.4) is 0 Å². The summed E-state index contributed by atoms with van der Waals surface area (Å²) in [6, 6.07) is 15.5. The van der Waals surface area contributed by atoms with Crippen LogP contribution in [0.25, 0.3) is 5.69 Å². The van der Waals surface area contributed by atoms with Crippen LogP contribution in [0.4, 0.5) is 16.3 Å². The molecule has 0 aliphatic rings. The molecule has 0 radical (unpaired) electrons. The number of nitrogens with one attached hydrogen (secondary N) is 2. The van der Waals surface area contributed by atoms with E-state index in [4.69, 9.17) is 5.10 Å². The lowest BCUT2D eigenvalue weighted by molar-refractivity contribution is -0.117. The van der Waals surface area contributed by atoms with Gasteiger partial charge in [0.1, 0.15) is 12.4 Å². The van der Waals surface area contributed by atoms with E-state index >= 15 is 0 Å². The van der Waals surface area contributed by atoms with Crippen molar-refractivity contribution in [1.82, 2.24) is 14.7 Å². The summed E-state index contributed by atoms with van der Waals surface area (Å²) in [5.74, 6) is 0.785. The smallest absolute Gasteiger partial charge is 0.313 e. The van der Waals surface area contributed by atoms with Crippen LogP contribution in [0.15, 0.2) is 48.5 Å². The molecule has 0 saturated heterocycles. The van der Waals surface area contributed by atoms with Crippen molar-refractivity contribution in [2.45, 2.75) is 92.5 Å². The number of anilines is 2. The van der Waals surface area contributed by atoms with Crippen LogP contribution in [0, 0.1) is 6.92 Å². The van der Waals surface area contributed by atoms with Gasteiger partial charge in [0.05, 0.1) is 11.4 Å². The zero-order valence-electron chi connectivity index (χ0n) is 25.2. The predicted octanol–water partition coefficient (Wildman–Crippen LogP) is 7.61. The second-order valence-electron chi connectivity index (χ2n) is 12.2. The zero-order chi connectivity index (χ0) is 29.1. The number of hydrogen-bond acceptors (Lipinski definition) is 3. The number of nitrogens with zero attached hydrogens (tertiary/aromatic N) is 3. The third kappa shape index (κ3) is 7.08. The lowest BCUT2D eigenvalue weighted by Crippen LogP contribution is -2.45. The van der Waals surface area contributed by atoms with E-state index in [1.54, 1.807) is 9.58 Å². The first-order valence-corrected chi connectivity index (χ1v) is 13.9. The highest BCUT2D eigenvalue weighted by molar-refractivity contribution is 5.97. The molecule has 7 heteroatoms. The van der Waals surface area contributed by atoms with Crippen LogP contribution in [0.1, 0.15) is 96.5 Å². The molecule has 3 rings (SSSR count). The summed E-state index contributed by atoms with van der Waals surface area (Å²) >= 11 is 0. The van der Waals surface area contributed by atoms with Gasteiger partial charge in [0.2, 0.25) is 5.91 Å². The summed E-state index contributed by atoms with van der Waals surface area (Å²) in [4.78, 5) is 28.5. The summed E-state index contributed by atoms with van der Waals surface area (Å²) < 4.78 is 1.78. The van der Waals surface area contributed by atoms with Crippen molar-refractivity contribution < 1.29 is 9.59 Å². The highest BCUT2D eigenvalue weighted by Crippen LogP contribution is 2.33. The van der Waals surface area contributed by atoms with E-state index in [1.807, 2.05) is 57.2 Å². The Labute approximate surface area is 234 Å². The average molecular weight is 532 g/mol. The van der Waals surface area contributed by atoms with E-state index in [0.717, 1.165) is 33.8 Å². The Balaban J connectivity index is 1.89. The Bertz CT molecular complexity index is 1290. The monoisotopic (exact) mass is 531 g/mol. The summed E-state index contributed by atoms with van der Waals surface area (Å²) in [5, 5.41) is 11.0. The molecule has 2 N–H and O–H groups in total. The molecule has 0 unspecified atom stereocenters. The van der Waals surface area contributed by atoms with Crippen molar-refractivity contribution in [2.24, 2.45) is 0 Å². The fourth-order valence-corrected chi connectivity index (χ4v) is 4.52. The minimum absolute atomic E-state index is 0.0891. The molecule has 3 aromatic rings. The van der Waals surface area contributed by atoms with Gasteiger partial charge in [-0.2, -0.15) is 5.10 Å². The molecule has 0 atom stereocenters. The molecule has 0 saturated carbocycles. The van der Waals surface area contributed by atoms with Crippen molar-refractivity contribution in [3.05, 3.63) is 70.9 Å². The molecule has 1 aromatic heterocycles. The number of carbonyl (C=O) groups excluding carboxylic acids is 2. The molecule has 3 amide bonds. The molecule has 1 heterocycles. The SMILES string of the molecule is Cc1ccccc1-n1nc(C(C)(C)C)cc1NC(=O)CN(C(=O)Nc1c(C(C)C)cccc1C(C)C)C(C)C. The Morgan fingerprint density at radius 1 is 0.897 bits per heavy atom. The van der Waals surface area contributed by atoms with E-state index in [0.29, 0.717) is 5.82 Å². The minimum Gasteiger partial charge on any atom is -0.313 e. The van der Waals surface area contributed by atoms with Gasteiger partial charge in [-0.1, -0.05) is 84.9 Å². The fraction of sp³-hybridized carbons (Fsp3) is 0.469. The Hall–Kier alpha value is -3.61. The largest absolute Gasteiger partial charge is 0.322 e. The van der Waals surface area contributed by atoms with Crippen LogP contribution >= 0.6 is 0 Å². The van der Waals surface area contributed by atoms with Crippen LogP contribution in [0.2, 0.25) is 0 Å². The Morgan fingerprint density at radius 2 is 1.49 bits per heavy atom. The lowest BCUT2D eigenvalue weighted by atomic mass is 9.92. The molecule has 39 heavy (non-hydrogen) atoms. The van der Waals surface area contributed by atoms with E-state index in [2.05, 4.69) is 71.2 Å². The first kappa shape index (κ1) is 29.9. The number of rotatable bonds is 8. The molecular formula is C32H45N5O2. The summed E-state index contributed by atoms with van der Waals surface area (Å²) in [7, 11) is 0. The maximum atomic E-state index is 13.6. The molecule has 7 nitrogen and oxygen atoms in total. The lowest BCUT2D eigenvalue weighted by Gasteiger charge is -2.28. The van der Waals surface area contributed by atoms with Crippen LogP contribution < -0.4 is 10.6 Å². The summed E-state index contributed by atoms with van der Waals surface area (Å²) in [6.45, 7) is 20.5. The van der Waals surface area contributed by atoms with Crippen molar-refractivity contribution in [1.29, 1.82) is 0 Å². The number of benzene rings is 2. The van der Waals surface area contributed by atoms with Crippen LogP contribution in [-0.4, -0.2) is 39.2 Å². The van der Waals surface area contributed by atoms with Gasteiger partial charge in [-0.05, 0) is 55.4 Å². The van der Waals surface area contributed by atoms with Crippen molar-refractivity contribution in [3.8, 4) is 5.69 Å². The van der Waals surface area contributed by atoms with E-state index in [9.17, 15) is 9.59 Å². The van der Waals surface area contributed by atoms with Crippen LogP contribution in [-0.2, 0) is 10.2 Å². The molecule has 0 fully saturated rings. The van der Waals surface area contributed by atoms with Gasteiger partial charge in [0, 0.05) is 23.2 Å². The topological polar surface area (TPSA) is 79.3 Å². The van der Waals surface area contributed by atoms with Gasteiger partial charge >= 0.3 is 6.03 Å². The minimum atomic E-state index is -0.294. The number of amides is 3. The third-order valence-electron chi connectivity index (χ3n) is 6.89. The number of aryl methyl sites for hydroxylation is 1. The maximum absolute atomic E-state index is 13.6. The molecular weight excluding hydrogens is 486 g/mol. The summed E-state index contributed by atoms with van der Waals surface area (Å²) in [6.07, 6.45) is 0. The van der Waals surface area contributed by atoms with Crippen molar-refractivity contribution in [2.75, 3.05) is 17.2 Å². The predicted molar refractivity (Wildman–Crippen MR) is 161 cm³/mol. The Kier molecular flexibility index (Phi) is 9.26. The standard InChI is InChI=1S/C32H45N5O2/c1-20(2)24-15-13-16-25(21(3)4)30(24)34-31(39)36(22(5)6)19-29(38)33-28-18-27(32(8,9)10)35-37(28)26-17-12-11-14-23(26)7/h11-18,20-22H,19H2,1-10H3,(H,33,38)(H,34,39). The highest BCUT2D eigenvalue weighted by Gasteiger charge is 2.26. The highest BCUT2D eigenvalue weighted by atomic mass is 16.2. The van der Waals surface area contributed by atoms with Gasteiger partial charge in [0.15, 0.2) is 0 Å². The molecule has 0 spiro atoms. The number of aromatic nitrogens is 2. The average Bonchev–Trinajstić information content (AvgIpc) is 3.26. The van der Waals surface area contributed by atoms with Gasteiger partial charge in [-0.3, -0.25) is 4.79 Å². The third-order valence-corrected chi connectivity index (χ3v) is 6.89. The fourth-order valence-electron chi connectivity index (χ4n) is 4.52. The maximum Gasteiger partial charge on any atom is 0.322 e. The van der Waals surface area contributed by atoms with Gasteiger partial charge in [0.25, 0.3) is 0 Å². The zero-order valence-corrected chi connectivity index (χ0v) is 25.2. The number of hydrogen-bond donors (Lipinski definition) is 2. The first-order chi connectivity index (χ1) is 18.2. The summed E-state index contributed by atoms with van der Waals surface area (Å²) in [5.41, 5.74) is 5.61. The quantitative estimate of drug-likeness (QED) is 0.314. The van der Waals surface area contributed by atoms with E-state index in [-0.39, 0.29) is 41.8 Å². The van der Waals surface area contributed by atoms with Gasteiger partial charge in [-0.25, -0.2) is 9.48 Å². The number of carbonyl (C=O) groups is 2. The second kappa shape index (κ2) is 12.1. The van der Waals surface area contributed by atoms with E-state index < -0.39 is 0 Å². The molecule has 0 aliphatic carbocycles. The van der Waals surface area contributed by atoms with Gasteiger partial charge < -0.3 is 15.5 Å². The number of para-hydroxylation sites is 2. The second-order valence-corrected chi connectivity index (χ2v) is 12.2. The van der Waals surface area contributed by atoms with Crippen LogP contribution in [0.5, 0.6) is 0 Å². The van der Waals surface area contributed by atoms with Crippen molar-refractivity contribution in [3.63, 3.8) is 0 Å². The normalized spacial score (nSPS) is 11.8. The number of urea groups is 1.